The lowest BCUT2D eigenvalue weighted by molar-refractivity contribution is 0.0522. The molecular weight excluding hydrogens is 264 g/mol. The topological polar surface area (TPSA) is 50.4 Å². The molecule has 1 aliphatic rings. The number of rotatable bonds is 4. The molecule has 0 radical (unpaired) electrons. The third-order valence-electron chi connectivity index (χ3n) is 3.63. The zero-order chi connectivity index (χ0) is 15.6. The van der Waals surface area contributed by atoms with Crippen LogP contribution in [0.4, 0.5) is 4.79 Å². The summed E-state index contributed by atoms with van der Waals surface area (Å²) in [5.74, 6) is 0. The molecule has 4 nitrogen and oxygen atoms in total. The molecule has 0 bridgehead atoms. The highest BCUT2D eigenvalue weighted by molar-refractivity contribution is 5.68. The molecule has 2 N–H and O–H groups in total. The van der Waals surface area contributed by atoms with Gasteiger partial charge >= 0.3 is 6.09 Å². The van der Waals surface area contributed by atoms with Crippen LogP contribution in [0.2, 0.25) is 0 Å². The average Bonchev–Trinajstić information content (AvgIpc) is 3.06. The molecule has 2 unspecified atom stereocenters. The number of aryl methyl sites for hydroxylation is 2. The van der Waals surface area contributed by atoms with Gasteiger partial charge in [0.2, 0.25) is 0 Å². The van der Waals surface area contributed by atoms with E-state index >= 15 is 0 Å². The molecule has 0 aliphatic heterocycles. The second-order valence-corrected chi connectivity index (χ2v) is 6.89. The zero-order valence-electron chi connectivity index (χ0n) is 13.6. The Balaban J connectivity index is 1.72. The Morgan fingerprint density at radius 1 is 1.24 bits per heavy atom. The van der Waals surface area contributed by atoms with Crippen molar-refractivity contribution in [2.75, 3.05) is 0 Å². The van der Waals surface area contributed by atoms with Crippen molar-refractivity contribution in [1.29, 1.82) is 0 Å². The lowest BCUT2D eigenvalue weighted by Gasteiger charge is -2.19. The molecule has 0 saturated heterocycles. The van der Waals surface area contributed by atoms with E-state index in [0.717, 1.165) is 13.0 Å². The fourth-order valence-electron chi connectivity index (χ4n) is 2.20. The second-order valence-electron chi connectivity index (χ2n) is 6.89. The van der Waals surface area contributed by atoms with Gasteiger partial charge in [-0.1, -0.05) is 18.2 Å². The van der Waals surface area contributed by atoms with Crippen LogP contribution in [-0.4, -0.2) is 23.8 Å². The predicted molar refractivity (Wildman–Crippen MR) is 84.3 cm³/mol. The Kier molecular flexibility index (Phi) is 4.57. The van der Waals surface area contributed by atoms with E-state index in [-0.39, 0.29) is 12.1 Å². The van der Waals surface area contributed by atoms with Gasteiger partial charge in [0.05, 0.1) is 0 Å². The number of ether oxygens (including phenoxy) is 1. The summed E-state index contributed by atoms with van der Waals surface area (Å²) in [6.07, 6.45) is 0.632. The largest absolute Gasteiger partial charge is 0.444 e. The maximum atomic E-state index is 11.6. The smallest absolute Gasteiger partial charge is 0.407 e. The van der Waals surface area contributed by atoms with Gasteiger partial charge in [-0.3, -0.25) is 0 Å². The van der Waals surface area contributed by atoms with Gasteiger partial charge in [-0.25, -0.2) is 4.79 Å². The van der Waals surface area contributed by atoms with E-state index in [1.165, 1.54) is 16.7 Å². The van der Waals surface area contributed by atoms with Crippen LogP contribution in [0.1, 0.15) is 43.9 Å². The zero-order valence-corrected chi connectivity index (χ0v) is 13.6. The molecule has 1 aromatic carbocycles. The number of hydrogen-bond donors (Lipinski definition) is 2. The molecule has 2 rings (SSSR count). The van der Waals surface area contributed by atoms with Crippen molar-refractivity contribution in [3.8, 4) is 0 Å². The van der Waals surface area contributed by atoms with Gasteiger partial charge in [-0.15, -0.1) is 0 Å². The number of carbonyl (C=O) groups is 1. The summed E-state index contributed by atoms with van der Waals surface area (Å²) in [6, 6.07) is 7.04. The third-order valence-corrected chi connectivity index (χ3v) is 3.63. The van der Waals surface area contributed by atoms with E-state index in [4.69, 9.17) is 4.74 Å². The Hall–Kier alpha value is -1.55. The predicted octanol–water partition coefficient (Wildman–Crippen LogP) is 3.06. The SMILES string of the molecule is Cc1ccc(CNC2CC2NC(=O)OC(C)(C)C)cc1C. The van der Waals surface area contributed by atoms with Crippen LogP contribution in [0.5, 0.6) is 0 Å². The molecule has 116 valence electrons. The minimum Gasteiger partial charge on any atom is -0.444 e. The molecule has 0 spiro atoms. The monoisotopic (exact) mass is 290 g/mol. The van der Waals surface area contributed by atoms with Gasteiger partial charge in [-0.05, 0) is 57.7 Å². The molecule has 1 aliphatic carbocycles. The Morgan fingerprint density at radius 2 is 1.95 bits per heavy atom. The van der Waals surface area contributed by atoms with Crippen molar-refractivity contribution >= 4 is 6.09 Å². The first-order valence-electron chi connectivity index (χ1n) is 7.53. The summed E-state index contributed by atoms with van der Waals surface area (Å²) in [4.78, 5) is 11.6. The van der Waals surface area contributed by atoms with Crippen LogP contribution in [0.15, 0.2) is 18.2 Å². The standard InChI is InChI=1S/C17H26N2O2/c1-11-6-7-13(8-12(11)2)10-18-14-9-15(14)19-16(20)21-17(3,4)5/h6-8,14-15,18H,9-10H2,1-5H3,(H,19,20). The van der Waals surface area contributed by atoms with Crippen molar-refractivity contribution in [2.45, 2.75) is 65.3 Å². The van der Waals surface area contributed by atoms with Gasteiger partial charge in [0.25, 0.3) is 0 Å². The van der Waals surface area contributed by atoms with Crippen LogP contribution >= 0.6 is 0 Å². The second kappa shape index (κ2) is 6.06. The molecule has 4 heteroatoms. The van der Waals surface area contributed by atoms with Crippen LogP contribution in [0.3, 0.4) is 0 Å². The van der Waals surface area contributed by atoms with Gasteiger partial charge in [0.15, 0.2) is 0 Å². The highest BCUT2D eigenvalue weighted by Crippen LogP contribution is 2.22. The maximum absolute atomic E-state index is 11.6. The minimum absolute atomic E-state index is 0.186. The Morgan fingerprint density at radius 3 is 2.57 bits per heavy atom. The van der Waals surface area contributed by atoms with Crippen LogP contribution in [0, 0.1) is 13.8 Å². The first kappa shape index (κ1) is 15.8. The molecule has 1 amide bonds. The van der Waals surface area contributed by atoms with Crippen LogP contribution in [-0.2, 0) is 11.3 Å². The Labute approximate surface area is 127 Å². The molecule has 0 heterocycles. The van der Waals surface area contributed by atoms with Crippen LogP contribution < -0.4 is 10.6 Å². The summed E-state index contributed by atoms with van der Waals surface area (Å²) >= 11 is 0. The van der Waals surface area contributed by atoms with Crippen molar-refractivity contribution < 1.29 is 9.53 Å². The third kappa shape index (κ3) is 5.05. The van der Waals surface area contributed by atoms with Gasteiger partial charge < -0.3 is 15.4 Å². The van der Waals surface area contributed by atoms with E-state index < -0.39 is 5.60 Å². The highest BCUT2D eigenvalue weighted by Gasteiger charge is 2.38. The first-order chi connectivity index (χ1) is 9.74. The van der Waals surface area contributed by atoms with Gasteiger partial charge in [0, 0.05) is 18.6 Å². The number of nitrogens with one attached hydrogen (secondary N) is 2. The maximum Gasteiger partial charge on any atom is 0.407 e. The quantitative estimate of drug-likeness (QED) is 0.896. The van der Waals surface area contributed by atoms with Gasteiger partial charge in [0.1, 0.15) is 5.60 Å². The normalized spacial score (nSPS) is 21.0. The number of benzene rings is 1. The molecule has 1 aromatic rings. The summed E-state index contributed by atoms with van der Waals surface area (Å²) < 4.78 is 5.25. The van der Waals surface area contributed by atoms with E-state index in [2.05, 4.69) is 42.7 Å². The van der Waals surface area contributed by atoms with E-state index in [0.29, 0.717) is 6.04 Å². The number of alkyl carbamates (subject to hydrolysis) is 1. The average molecular weight is 290 g/mol. The summed E-state index contributed by atoms with van der Waals surface area (Å²) in [7, 11) is 0. The Bertz CT molecular complexity index is 520. The van der Waals surface area contributed by atoms with E-state index in [1.807, 2.05) is 20.8 Å². The summed E-state index contributed by atoms with van der Waals surface area (Å²) in [6.45, 7) is 10.7. The fourth-order valence-corrected chi connectivity index (χ4v) is 2.20. The van der Waals surface area contributed by atoms with Crippen molar-refractivity contribution in [3.05, 3.63) is 34.9 Å². The molecule has 2 atom stereocenters. The summed E-state index contributed by atoms with van der Waals surface area (Å²) in [5, 5.41) is 6.36. The molecule has 0 aromatic heterocycles. The van der Waals surface area contributed by atoms with Crippen LogP contribution in [0.25, 0.3) is 0 Å². The lowest BCUT2D eigenvalue weighted by atomic mass is 10.1. The molecular formula is C17H26N2O2. The highest BCUT2D eigenvalue weighted by atomic mass is 16.6. The fraction of sp³-hybridized carbons (Fsp3) is 0.588. The number of amides is 1. The van der Waals surface area contributed by atoms with Crippen molar-refractivity contribution in [3.63, 3.8) is 0 Å². The molecule has 21 heavy (non-hydrogen) atoms. The number of hydrogen-bond acceptors (Lipinski definition) is 3. The van der Waals surface area contributed by atoms with Gasteiger partial charge in [-0.2, -0.15) is 0 Å². The molecule has 1 saturated carbocycles. The van der Waals surface area contributed by atoms with Crippen molar-refractivity contribution in [2.24, 2.45) is 0 Å². The lowest BCUT2D eigenvalue weighted by Crippen LogP contribution is -2.36. The molecule has 1 fully saturated rings. The number of carbonyl (C=O) groups excluding carboxylic acids is 1. The first-order valence-corrected chi connectivity index (χ1v) is 7.53. The van der Waals surface area contributed by atoms with Crippen molar-refractivity contribution in [1.82, 2.24) is 10.6 Å². The minimum atomic E-state index is -0.443. The van der Waals surface area contributed by atoms with E-state index in [9.17, 15) is 4.79 Å². The van der Waals surface area contributed by atoms with E-state index in [1.54, 1.807) is 0 Å². The summed E-state index contributed by atoms with van der Waals surface area (Å²) in [5.41, 5.74) is 3.46.